The van der Waals surface area contributed by atoms with Gasteiger partial charge in [-0.3, -0.25) is 19.1 Å². The number of amides is 4. The summed E-state index contributed by atoms with van der Waals surface area (Å²) >= 11 is 0. The van der Waals surface area contributed by atoms with E-state index in [0.29, 0.717) is 38.5 Å². The highest BCUT2D eigenvalue weighted by Gasteiger charge is 2.62. The summed E-state index contributed by atoms with van der Waals surface area (Å²) in [5.41, 5.74) is -2.81. The highest BCUT2D eigenvalue weighted by molar-refractivity contribution is 7.91. The summed E-state index contributed by atoms with van der Waals surface area (Å²) in [7, 11) is -3.97. The molecule has 14 nitrogen and oxygen atoms in total. The van der Waals surface area contributed by atoms with Crippen LogP contribution in [0.4, 0.5) is 18.0 Å². The van der Waals surface area contributed by atoms with Crippen LogP contribution in [0, 0.1) is 5.92 Å². The third-order valence-electron chi connectivity index (χ3n) is 9.11. The van der Waals surface area contributed by atoms with Crippen LogP contribution in [-0.4, -0.2) is 90.6 Å². The molecular formula is C34H43F3N4O10S. The van der Waals surface area contributed by atoms with Crippen LogP contribution in [0.25, 0.3) is 0 Å². The van der Waals surface area contributed by atoms with Crippen molar-refractivity contribution in [3.05, 3.63) is 42.0 Å². The van der Waals surface area contributed by atoms with Crippen LogP contribution in [0.1, 0.15) is 88.9 Å². The molecule has 2 heterocycles. The molecule has 4 aliphatic rings. The molecule has 0 radical (unpaired) electrons. The van der Waals surface area contributed by atoms with Gasteiger partial charge in [0.05, 0.1) is 17.4 Å². The van der Waals surface area contributed by atoms with E-state index in [1.54, 1.807) is 26.8 Å². The zero-order valence-corrected chi connectivity index (χ0v) is 29.8. The van der Waals surface area contributed by atoms with E-state index >= 15 is 0 Å². The highest BCUT2D eigenvalue weighted by Crippen LogP contribution is 2.46. The minimum absolute atomic E-state index is 0.0967. The fraction of sp³-hybridized carbons (Fsp3) is 0.618. The first-order valence-electron chi connectivity index (χ1n) is 17.2. The quantitative estimate of drug-likeness (QED) is 0.274. The van der Waals surface area contributed by atoms with E-state index in [4.69, 9.17) is 9.47 Å². The van der Waals surface area contributed by atoms with Gasteiger partial charge in [0.15, 0.2) is 0 Å². The van der Waals surface area contributed by atoms with Crippen molar-refractivity contribution in [3.63, 3.8) is 0 Å². The molecule has 0 aromatic heterocycles. The second-order valence-corrected chi connectivity index (χ2v) is 16.5. The lowest BCUT2D eigenvalue weighted by Gasteiger charge is -2.30. The molecule has 1 saturated heterocycles. The Balaban J connectivity index is 1.42. The van der Waals surface area contributed by atoms with Crippen LogP contribution in [0.2, 0.25) is 0 Å². The Bertz CT molecular complexity index is 1710. The predicted molar refractivity (Wildman–Crippen MR) is 177 cm³/mol. The van der Waals surface area contributed by atoms with Gasteiger partial charge in [0.1, 0.15) is 35.1 Å². The van der Waals surface area contributed by atoms with E-state index in [9.17, 15) is 45.6 Å². The van der Waals surface area contributed by atoms with E-state index in [-0.39, 0.29) is 31.4 Å². The number of carbonyl (C=O) groups is 5. The van der Waals surface area contributed by atoms with E-state index in [1.165, 1.54) is 6.07 Å². The Morgan fingerprint density at radius 2 is 1.77 bits per heavy atom. The highest BCUT2D eigenvalue weighted by atomic mass is 32.2. The molecule has 3 fully saturated rings. The second-order valence-electron chi connectivity index (χ2n) is 14.6. The number of ether oxygens (including phenoxy) is 3. The number of allylic oxidation sites excluding steroid dienone is 1. The number of nitrogens with one attached hydrogen (secondary N) is 3. The predicted octanol–water partition coefficient (Wildman–Crippen LogP) is 3.61. The van der Waals surface area contributed by atoms with Gasteiger partial charge >= 0.3 is 18.4 Å². The second kappa shape index (κ2) is 14.9. The lowest BCUT2D eigenvalue weighted by molar-refractivity contribution is -0.274. The molecular weight excluding hydrogens is 713 g/mol. The van der Waals surface area contributed by atoms with Crippen molar-refractivity contribution in [1.29, 1.82) is 0 Å². The first kappa shape index (κ1) is 38.9. The summed E-state index contributed by atoms with van der Waals surface area (Å²) in [6.07, 6.45) is -0.104. The summed E-state index contributed by atoms with van der Waals surface area (Å²) in [6, 6.07) is 1.69. The number of fused-ring (bicyclic) bond motifs is 2. The number of carbonyl (C=O) groups excluding carboxylic acids is 5. The number of alkyl halides is 3. The van der Waals surface area contributed by atoms with Crippen molar-refractivity contribution in [1.82, 2.24) is 20.3 Å². The number of benzene rings is 1. The Labute approximate surface area is 299 Å². The van der Waals surface area contributed by atoms with E-state index < -0.39 is 92.4 Å². The smallest absolute Gasteiger partial charge is 0.457 e. The van der Waals surface area contributed by atoms with E-state index in [0.717, 1.165) is 23.1 Å². The lowest BCUT2D eigenvalue weighted by atomic mass is 10.0. The molecule has 2 aliphatic carbocycles. The molecule has 3 N–H and O–H groups in total. The fourth-order valence-electron chi connectivity index (χ4n) is 6.34. The van der Waals surface area contributed by atoms with Gasteiger partial charge in [0.2, 0.25) is 21.8 Å². The van der Waals surface area contributed by atoms with Crippen LogP contribution in [0.15, 0.2) is 36.4 Å². The number of halogens is 3. The Morgan fingerprint density at radius 3 is 2.44 bits per heavy atom. The maximum absolute atomic E-state index is 14.2. The largest absolute Gasteiger partial charge is 0.573 e. The fourth-order valence-corrected chi connectivity index (χ4v) is 7.70. The molecule has 0 spiro atoms. The van der Waals surface area contributed by atoms with Gasteiger partial charge in [-0.25, -0.2) is 18.0 Å². The minimum atomic E-state index is -5.01. The molecule has 0 bridgehead atoms. The van der Waals surface area contributed by atoms with Crippen LogP contribution in [0.5, 0.6) is 5.75 Å². The molecule has 286 valence electrons. The summed E-state index contributed by atoms with van der Waals surface area (Å²) in [5, 5.41) is 4.59. The van der Waals surface area contributed by atoms with Gasteiger partial charge in [-0.15, -0.1) is 13.2 Å². The third-order valence-corrected chi connectivity index (χ3v) is 10.9. The molecule has 1 aromatic carbocycles. The standard InChI is InChI=1S/C34H43F3N4O10S/c1-32(2,3)51-31(46)38-25-13-8-6-4-5-7-11-21-18-33(21,30(45)40-52(47,48)24-14-15-24)39-27(42)26-17-23(19-41(26)28(25)43)49-29(44)20-10-9-12-22(16-20)50-34(35,36)37/h7,9-12,16,21,23-26H,4-6,8,13-15,17-19H2,1-3H3,(H,38,46)(H,39,42)(H,40,45)/b11-7-/t21-,23+,25-,26-,33+/m0/s1. The van der Waals surface area contributed by atoms with Gasteiger partial charge in [-0.1, -0.05) is 31.1 Å². The van der Waals surface area contributed by atoms with E-state index in [2.05, 4.69) is 20.1 Å². The molecule has 4 amide bonds. The lowest BCUT2D eigenvalue weighted by Crippen LogP contribution is -2.58. The SMILES string of the molecule is CC(C)(C)OC(=O)N[C@H]1CCCCC/C=C\[C@H]2C[C@@]2(C(=O)NS(=O)(=O)C2CC2)NC(=O)[C@@H]2C[C@@H](OC(=O)c3cccc(OC(F)(F)F)c3)CN2C1=O. The number of hydrogen-bond donors (Lipinski definition) is 3. The third kappa shape index (κ3) is 9.95. The van der Waals surface area contributed by atoms with Crippen LogP contribution < -0.4 is 20.1 Å². The van der Waals surface area contributed by atoms with Gasteiger partial charge in [-0.2, -0.15) is 0 Å². The topological polar surface area (TPSA) is 187 Å². The summed E-state index contributed by atoms with van der Waals surface area (Å²) in [4.78, 5) is 68.9. The molecule has 5 rings (SSSR count). The van der Waals surface area contributed by atoms with Gasteiger partial charge in [0, 0.05) is 12.3 Å². The molecule has 5 atom stereocenters. The number of esters is 1. The van der Waals surface area contributed by atoms with Crippen LogP contribution in [0.3, 0.4) is 0 Å². The van der Waals surface area contributed by atoms with Gasteiger partial charge < -0.3 is 29.7 Å². The van der Waals surface area contributed by atoms with Gasteiger partial charge in [-0.05, 0) is 77.5 Å². The van der Waals surface area contributed by atoms with E-state index in [1.807, 2.05) is 6.08 Å². The first-order valence-corrected chi connectivity index (χ1v) is 18.7. The minimum Gasteiger partial charge on any atom is -0.457 e. The van der Waals surface area contributed by atoms with Gasteiger partial charge in [0.25, 0.3) is 5.91 Å². The van der Waals surface area contributed by atoms with Crippen molar-refractivity contribution in [2.24, 2.45) is 5.92 Å². The average Bonchev–Trinajstić information content (AvgIpc) is 3.95. The molecule has 1 aromatic rings. The molecule has 2 saturated carbocycles. The van der Waals surface area contributed by atoms with Crippen molar-refractivity contribution in [2.45, 2.75) is 119 Å². The normalized spacial score (nSPS) is 27.8. The Kier molecular flexibility index (Phi) is 11.2. The molecule has 0 unspecified atom stereocenters. The maximum Gasteiger partial charge on any atom is 0.573 e. The number of nitrogens with zero attached hydrogens (tertiary/aromatic N) is 1. The summed E-state index contributed by atoms with van der Waals surface area (Å²) in [6.45, 7) is 4.61. The Hall–Kier alpha value is -4.35. The maximum atomic E-state index is 14.2. The summed E-state index contributed by atoms with van der Waals surface area (Å²) < 4.78 is 80.8. The summed E-state index contributed by atoms with van der Waals surface area (Å²) in [5.74, 6) is -4.68. The Morgan fingerprint density at radius 1 is 1.04 bits per heavy atom. The average molecular weight is 757 g/mol. The monoisotopic (exact) mass is 756 g/mol. The van der Waals surface area contributed by atoms with Crippen LogP contribution in [-0.2, 0) is 33.9 Å². The van der Waals surface area contributed by atoms with Crippen molar-refractivity contribution < 1.29 is 59.8 Å². The zero-order valence-electron chi connectivity index (χ0n) is 29.0. The number of alkyl carbamates (subject to hydrolysis) is 1. The number of sulfonamides is 1. The first-order chi connectivity index (χ1) is 24.3. The molecule has 52 heavy (non-hydrogen) atoms. The van der Waals surface area contributed by atoms with Crippen molar-refractivity contribution >= 4 is 39.8 Å². The van der Waals surface area contributed by atoms with Crippen LogP contribution >= 0.6 is 0 Å². The molecule has 18 heteroatoms. The number of hydrogen-bond acceptors (Lipinski definition) is 10. The zero-order chi connectivity index (χ0) is 38.1. The molecule has 2 aliphatic heterocycles. The number of rotatable bonds is 7. The van der Waals surface area contributed by atoms with Crippen molar-refractivity contribution in [2.75, 3.05) is 6.54 Å². The van der Waals surface area contributed by atoms with Crippen molar-refractivity contribution in [3.8, 4) is 5.75 Å².